The van der Waals surface area contributed by atoms with Gasteiger partial charge in [-0.05, 0) is 11.6 Å². The van der Waals surface area contributed by atoms with Crippen LogP contribution in [0.15, 0.2) is 42.6 Å². The molecule has 2 rings (SSSR count). The zero-order valence-corrected chi connectivity index (χ0v) is 11.5. The topological polar surface area (TPSA) is 39.2 Å². The maximum atomic E-state index is 11.6. The maximum Gasteiger partial charge on any atom is 0.339 e. The molecule has 0 unspecified atom stereocenters. The standard InChI is InChI=1S/C14H12BrNO2/c1-18-14(17)12-9-16-13(7-11(12)8-15)10-5-3-2-4-6-10/h2-7,9H,8H2,1H3. The number of alkyl halides is 1. The van der Waals surface area contributed by atoms with Crippen molar-refractivity contribution in [2.24, 2.45) is 0 Å². The molecule has 0 radical (unpaired) electrons. The SMILES string of the molecule is COC(=O)c1cnc(-c2ccccc2)cc1CBr. The van der Waals surface area contributed by atoms with E-state index in [4.69, 9.17) is 4.74 Å². The van der Waals surface area contributed by atoms with Gasteiger partial charge in [0.15, 0.2) is 0 Å². The molecule has 2 aromatic rings. The number of methoxy groups -OCH3 is 1. The van der Waals surface area contributed by atoms with Crippen LogP contribution in [0.25, 0.3) is 11.3 Å². The highest BCUT2D eigenvalue weighted by Crippen LogP contribution is 2.21. The first-order chi connectivity index (χ1) is 8.76. The summed E-state index contributed by atoms with van der Waals surface area (Å²) in [4.78, 5) is 15.9. The number of carbonyl (C=O) groups excluding carboxylic acids is 1. The average Bonchev–Trinajstić information content (AvgIpc) is 2.46. The first-order valence-corrected chi connectivity index (χ1v) is 6.57. The predicted octanol–water partition coefficient (Wildman–Crippen LogP) is 3.43. The number of esters is 1. The fourth-order valence-corrected chi connectivity index (χ4v) is 2.13. The van der Waals surface area contributed by atoms with Gasteiger partial charge in [0.25, 0.3) is 0 Å². The number of benzene rings is 1. The van der Waals surface area contributed by atoms with E-state index in [2.05, 4.69) is 20.9 Å². The molecule has 0 aliphatic heterocycles. The zero-order chi connectivity index (χ0) is 13.0. The van der Waals surface area contributed by atoms with Crippen molar-refractivity contribution in [3.63, 3.8) is 0 Å². The van der Waals surface area contributed by atoms with Crippen molar-refractivity contribution in [1.82, 2.24) is 4.98 Å². The molecule has 1 heterocycles. The molecule has 0 saturated carbocycles. The molecule has 92 valence electrons. The summed E-state index contributed by atoms with van der Waals surface area (Å²) in [5, 5.41) is 0.583. The van der Waals surface area contributed by atoms with E-state index < -0.39 is 0 Å². The van der Waals surface area contributed by atoms with Gasteiger partial charge in [0.1, 0.15) is 0 Å². The van der Waals surface area contributed by atoms with Crippen molar-refractivity contribution >= 4 is 21.9 Å². The largest absolute Gasteiger partial charge is 0.465 e. The smallest absolute Gasteiger partial charge is 0.339 e. The van der Waals surface area contributed by atoms with Gasteiger partial charge in [-0.1, -0.05) is 46.3 Å². The molecule has 0 aliphatic carbocycles. The third kappa shape index (κ3) is 2.59. The highest BCUT2D eigenvalue weighted by Gasteiger charge is 2.13. The Balaban J connectivity index is 2.45. The van der Waals surface area contributed by atoms with Gasteiger partial charge in [0.2, 0.25) is 0 Å². The first kappa shape index (κ1) is 12.8. The van der Waals surface area contributed by atoms with Gasteiger partial charge in [0, 0.05) is 17.1 Å². The van der Waals surface area contributed by atoms with Crippen molar-refractivity contribution in [2.75, 3.05) is 7.11 Å². The minimum absolute atomic E-state index is 0.364. The molecule has 18 heavy (non-hydrogen) atoms. The van der Waals surface area contributed by atoms with Crippen molar-refractivity contribution in [3.8, 4) is 11.3 Å². The number of rotatable bonds is 3. The molecule has 1 aromatic carbocycles. The quantitative estimate of drug-likeness (QED) is 0.644. The number of hydrogen-bond donors (Lipinski definition) is 0. The van der Waals surface area contributed by atoms with Crippen LogP contribution >= 0.6 is 15.9 Å². The van der Waals surface area contributed by atoms with E-state index in [1.54, 1.807) is 6.20 Å². The minimum Gasteiger partial charge on any atom is -0.465 e. The Morgan fingerprint density at radius 1 is 1.33 bits per heavy atom. The predicted molar refractivity (Wildman–Crippen MR) is 73.6 cm³/mol. The zero-order valence-electron chi connectivity index (χ0n) is 9.89. The third-order valence-corrected chi connectivity index (χ3v) is 3.21. The Bertz CT molecular complexity index is 555. The molecule has 0 atom stereocenters. The summed E-state index contributed by atoms with van der Waals surface area (Å²) in [6, 6.07) is 11.7. The number of hydrogen-bond acceptors (Lipinski definition) is 3. The number of pyridine rings is 1. The Kier molecular flexibility index (Phi) is 4.10. The Morgan fingerprint density at radius 3 is 2.67 bits per heavy atom. The van der Waals surface area contributed by atoms with Gasteiger partial charge in [-0.2, -0.15) is 0 Å². The number of halogens is 1. The minimum atomic E-state index is -0.364. The third-order valence-electron chi connectivity index (χ3n) is 2.61. The van der Waals surface area contributed by atoms with Gasteiger partial charge in [-0.15, -0.1) is 0 Å². The molecular weight excluding hydrogens is 294 g/mol. The van der Waals surface area contributed by atoms with Crippen LogP contribution in [0.2, 0.25) is 0 Å². The molecule has 0 bridgehead atoms. The van der Waals surface area contributed by atoms with Crippen molar-refractivity contribution in [2.45, 2.75) is 5.33 Å². The summed E-state index contributed by atoms with van der Waals surface area (Å²) in [6.45, 7) is 0. The van der Waals surface area contributed by atoms with Crippen LogP contribution in [0, 0.1) is 0 Å². The second-order valence-corrected chi connectivity index (χ2v) is 4.28. The van der Waals surface area contributed by atoms with Crippen molar-refractivity contribution < 1.29 is 9.53 Å². The molecular formula is C14H12BrNO2. The fourth-order valence-electron chi connectivity index (χ4n) is 1.67. The van der Waals surface area contributed by atoms with Gasteiger partial charge in [-0.3, -0.25) is 4.98 Å². The molecule has 0 N–H and O–H groups in total. The van der Waals surface area contributed by atoms with E-state index in [1.165, 1.54) is 7.11 Å². The molecule has 1 aromatic heterocycles. The van der Waals surface area contributed by atoms with E-state index in [0.717, 1.165) is 16.8 Å². The molecule has 0 saturated heterocycles. The summed E-state index contributed by atoms with van der Waals surface area (Å²) < 4.78 is 4.72. The highest BCUT2D eigenvalue weighted by molar-refractivity contribution is 9.08. The fraction of sp³-hybridized carbons (Fsp3) is 0.143. The lowest BCUT2D eigenvalue weighted by molar-refractivity contribution is 0.0599. The molecule has 0 fully saturated rings. The van der Waals surface area contributed by atoms with E-state index in [0.29, 0.717) is 10.9 Å². The van der Waals surface area contributed by atoms with Gasteiger partial charge in [0.05, 0.1) is 18.4 Å². The summed E-state index contributed by atoms with van der Waals surface area (Å²) in [7, 11) is 1.37. The van der Waals surface area contributed by atoms with Crippen LogP contribution in [0.5, 0.6) is 0 Å². The summed E-state index contributed by atoms with van der Waals surface area (Å²) in [5.74, 6) is -0.364. The van der Waals surface area contributed by atoms with Gasteiger partial charge < -0.3 is 4.74 Å². The van der Waals surface area contributed by atoms with Crippen LogP contribution in [0.4, 0.5) is 0 Å². The van der Waals surface area contributed by atoms with Crippen molar-refractivity contribution in [3.05, 3.63) is 53.7 Å². The second kappa shape index (κ2) is 5.78. The number of carbonyl (C=O) groups is 1. The highest BCUT2D eigenvalue weighted by atomic mass is 79.9. The summed E-state index contributed by atoms with van der Waals surface area (Å²) >= 11 is 3.38. The molecule has 3 nitrogen and oxygen atoms in total. The number of ether oxygens (including phenoxy) is 1. The lowest BCUT2D eigenvalue weighted by Gasteiger charge is -2.07. The van der Waals surface area contributed by atoms with Crippen LogP contribution in [0.1, 0.15) is 15.9 Å². The van der Waals surface area contributed by atoms with Gasteiger partial charge >= 0.3 is 5.97 Å². The Hall–Kier alpha value is -1.68. The number of aromatic nitrogens is 1. The summed E-state index contributed by atoms with van der Waals surface area (Å²) in [6.07, 6.45) is 1.56. The molecule has 0 spiro atoms. The lowest BCUT2D eigenvalue weighted by Crippen LogP contribution is -2.06. The van der Waals surface area contributed by atoms with E-state index in [9.17, 15) is 4.79 Å². The second-order valence-electron chi connectivity index (χ2n) is 3.72. The van der Waals surface area contributed by atoms with Crippen LogP contribution in [-0.4, -0.2) is 18.1 Å². The average molecular weight is 306 g/mol. The van der Waals surface area contributed by atoms with Crippen LogP contribution in [-0.2, 0) is 10.1 Å². The van der Waals surface area contributed by atoms with E-state index in [-0.39, 0.29) is 5.97 Å². The van der Waals surface area contributed by atoms with Gasteiger partial charge in [-0.25, -0.2) is 4.79 Å². The lowest BCUT2D eigenvalue weighted by atomic mass is 10.1. The maximum absolute atomic E-state index is 11.6. The first-order valence-electron chi connectivity index (χ1n) is 5.45. The molecule has 0 amide bonds. The van der Waals surface area contributed by atoms with Crippen LogP contribution < -0.4 is 0 Å². The monoisotopic (exact) mass is 305 g/mol. The Labute approximate surface area is 114 Å². The van der Waals surface area contributed by atoms with Crippen molar-refractivity contribution in [1.29, 1.82) is 0 Å². The van der Waals surface area contributed by atoms with E-state index in [1.807, 2.05) is 36.4 Å². The molecule has 4 heteroatoms. The summed E-state index contributed by atoms with van der Waals surface area (Å²) in [5.41, 5.74) is 3.23. The van der Waals surface area contributed by atoms with Crippen LogP contribution in [0.3, 0.4) is 0 Å². The Morgan fingerprint density at radius 2 is 2.06 bits per heavy atom. The number of nitrogens with zero attached hydrogens (tertiary/aromatic N) is 1. The normalized spacial score (nSPS) is 10.1. The molecule has 0 aliphatic rings. The van der Waals surface area contributed by atoms with E-state index >= 15 is 0 Å².